The molecule has 3 N–H and O–H groups in total. The number of amides is 1. The number of ether oxygens (including phenoxy) is 1. The third-order valence-corrected chi connectivity index (χ3v) is 3.61. The average Bonchev–Trinajstić information content (AvgIpc) is 2.51. The number of hydrogen-bond donors (Lipinski definition) is 2. The second-order valence-electron chi connectivity index (χ2n) is 5.05. The summed E-state index contributed by atoms with van der Waals surface area (Å²) in [6.07, 6.45) is 0. The molecule has 0 bridgehead atoms. The molecule has 1 amide bonds. The van der Waals surface area contributed by atoms with Gasteiger partial charge in [0.2, 0.25) is 5.91 Å². The highest BCUT2D eigenvalue weighted by Gasteiger charge is 2.20. The lowest BCUT2D eigenvalue weighted by Gasteiger charge is -2.30. The maximum atomic E-state index is 11.7. The Bertz CT molecular complexity index is 451. The van der Waals surface area contributed by atoms with Crippen LogP contribution in [0.5, 0.6) is 5.75 Å². The highest BCUT2D eigenvalue weighted by atomic mass is 35.5. The fraction of sp³-hybridized carbons (Fsp3) is 0.562. The van der Waals surface area contributed by atoms with Crippen molar-refractivity contribution in [2.24, 2.45) is 5.73 Å². The average molecular weight is 330 g/mol. The number of carbonyl (C=O) groups is 1. The monoisotopic (exact) mass is 329 g/mol. The Balaban J connectivity index is 0.00000441. The number of nitrogens with zero attached hydrogens (tertiary/aromatic N) is 1. The van der Waals surface area contributed by atoms with Crippen molar-refractivity contribution in [2.45, 2.75) is 32.9 Å². The Kier molecular flexibility index (Phi) is 9.81. The summed E-state index contributed by atoms with van der Waals surface area (Å²) in [6.45, 7) is 8.27. The quantitative estimate of drug-likeness (QED) is 0.765. The molecule has 0 aromatic heterocycles. The molecule has 1 aromatic rings. The highest BCUT2D eigenvalue weighted by Crippen LogP contribution is 2.23. The Morgan fingerprint density at radius 1 is 1.36 bits per heavy atom. The predicted octanol–water partition coefficient (Wildman–Crippen LogP) is 1.96. The molecular weight excluding hydrogens is 302 g/mol. The van der Waals surface area contributed by atoms with E-state index in [0.29, 0.717) is 6.54 Å². The van der Waals surface area contributed by atoms with Crippen LogP contribution in [0.25, 0.3) is 0 Å². The van der Waals surface area contributed by atoms with Gasteiger partial charge in [-0.05, 0) is 37.7 Å². The number of hydrogen-bond acceptors (Lipinski definition) is 4. The number of rotatable bonds is 8. The van der Waals surface area contributed by atoms with Crippen LogP contribution in [0.1, 0.15) is 32.4 Å². The van der Waals surface area contributed by atoms with Crippen LogP contribution >= 0.6 is 12.4 Å². The minimum atomic E-state index is -0.493. The second kappa shape index (κ2) is 10.4. The molecule has 0 saturated carbocycles. The van der Waals surface area contributed by atoms with Gasteiger partial charge < -0.3 is 15.8 Å². The van der Waals surface area contributed by atoms with Gasteiger partial charge >= 0.3 is 0 Å². The summed E-state index contributed by atoms with van der Waals surface area (Å²) < 4.78 is 5.29. The maximum absolute atomic E-state index is 11.7. The molecule has 0 aliphatic carbocycles. The van der Waals surface area contributed by atoms with Gasteiger partial charge in [0, 0.05) is 6.54 Å². The zero-order chi connectivity index (χ0) is 15.8. The molecule has 0 spiro atoms. The minimum absolute atomic E-state index is 0. The smallest absolute Gasteiger partial charge is 0.236 e. The molecule has 0 aliphatic heterocycles. The number of benzene rings is 1. The van der Waals surface area contributed by atoms with E-state index in [1.54, 1.807) is 14.0 Å². The van der Waals surface area contributed by atoms with Gasteiger partial charge in [-0.15, -0.1) is 12.4 Å². The van der Waals surface area contributed by atoms with Crippen molar-refractivity contribution in [3.05, 3.63) is 29.8 Å². The van der Waals surface area contributed by atoms with E-state index >= 15 is 0 Å². The Morgan fingerprint density at radius 3 is 2.50 bits per heavy atom. The van der Waals surface area contributed by atoms with E-state index < -0.39 is 6.04 Å². The van der Waals surface area contributed by atoms with Crippen LogP contribution in [0.15, 0.2) is 24.3 Å². The van der Waals surface area contributed by atoms with Gasteiger partial charge in [-0.1, -0.05) is 26.0 Å². The lowest BCUT2D eigenvalue weighted by Crippen LogP contribution is -2.43. The van der Waals surface area contributed by atoms with Crippen molar-refractivity contribution >= 4 is 18.3 Å². The van der Waals surface area contributed by atoms with Crippen LogP contribution in [0.3, 0.4) is 0 Å². The molecule has 2 atom stereocenters. The van der Waals surface area contributed by atoms with Gasteiger partial charge in [0.15, 0.2) is 0 Å². The number of carbonyl (C=O) groups excluding carboxylic acids is 1. The number of nitrogens with one attached hydrogen (secondary N) is 1. The van der Waals surface area contributed by atoms with Gasteiger partial charge in [-0.25, -0.2) is 0 Å². The van der Waals surface area contributed by atoms with Gasteiger partial charge in [-0.3, -0.25) is 9.69 Å². The first-order valence-corrected chi connectivity index (χ1v) is 7.44. The summed E-state index contributed by atoms with van der Waals surface area (Å²) in [7, 11) is 1.66. The molecule has 6 heteroatoms. The first-order chi connectivity index (χ1) is 10.0. The van der Waals surface area contributed by atoms with Crippen molar-refractivity contribution in [1.82, 2.24) is 10.2 Å². The Labute approximate surface area is 139 Å². The SMILES string of the molecule is CCN(CC)C(CNC(=O)C(C)N)c1cccc(OC)c1.Cl. The first-order valence-electron chi connectivity index (χ1n) is 7.44. The lowest BCUT2D eigenvalue weighted by molar-refractivity contribution is -0.122. The van der Waals surface area contributed by atoms with Crippen molar-refractivity contribution in [3.63, 3.8) is 0 Å². The molecule has 1 rings (SSSR count). The summed E-state index contributed by atoms with van der Waals surface area (Å²) in [5.41, 5.74) is 6.73. The molecule has 2 unspecified atom stereocenters. The fourth-order valence-electron chi connectivity index (χ4n) is 2.33. The normalized spacial score (nSPS) is 13.2. The van der Waals surface area contributed by atoms with Crippen LogP contribution in [0.2, 0.25) is 0 Å². The van der Waals surface area contributed by atoms with Crippen LogP contribution < -0.4 is 15.8 Å². The largest absolute Gasteiger partial charge is 0.497 e. The highest BCUT2D eigenvalue weighted by molar-refractivity contribution is 5.85. The Hall–Kier alpha value is -1.30. The molecule has 0 fully saturated rings. The topological polar surface area (TPSA) is 67.6 Å². The summed E-state index contributed by atoms with van der Waals surface area (Å²) in [4.78, 5) is 14.0. The van der Waals surface area contributed by atoms with Gasteiger partial charge in [0.1, 0.15) is 5.75 Å². The molecule has 1 aromatic carbocycles. The van der Waals surface area contributed by atoms with Crippen molar-refractivity contribution in [3.8, 4) is 5.75 Å². The molecular formula is C16H28ClN3O2. The van der Waals surface area contributed by atoms with Gasteiger partial charge in [-0.2, -0.15) is 0 Å². The number of likely N-dealkylation sites (N-methyl/N-ethyl adjacent to an activating group) is 1. The molecule has 126 valence electrons. The van der Waals surface area contributed by atoms with Crippen LogP contribution in [0.4, 0.5) is 0 Å². The third-order valence-electron chi connectivity index (χ3n) is 3.61. The van der Waals surface area contributed by atoms with Crippen molar-refractivity contribution in [1.29, 1.82) is 0 Å². The molecule has 0 saturated heterocycles. The zero-order valence-corrected chi connectivity index (χ0v) is 14.7. The number of methoxy groups -OCH3 is 1. The van der Waals surface area contributed by atoms with Crippen LogP contribution in [0, 0.1) is 0 Å². The van der Waals surface area contributed by atoms with Gasteiger partial charge in [0.25, 0.3) is 0 Å². The maximum Gasteiger partial charge on any atom is 0.236 e. The standard InChI is InChI=1S/C16H27N3O2.ClH/c1-5-19(6-2)15(11-18-16(20)12(3)17)13-8-7-9-14(10-13)21-4;/h7-10,12,15H,5-6,11,17H2,1-4H3,(H,18,20);1H. The van der Waals surface area contributed by atoms with E-state index in [4.69, 9.17) is 10.5 Å². The van der Waals surface area contributed by atoms with Crippen molar-refractivity contribution < 1.29 is 9.53 Å². The molecule has 0 heterocycles. The number of nitrogens with two attached hydrogens (primary N) is 1. The van der Waals surface area contributed by atoms with E-state index in [9.17, 15) is 4.79 Å². The van der Waals surface area contributed by atoms with E-state index in [2.05, 4.69) is 30.1 Å². The summed E-state index contributed by atoms with van der Waals surface area (Å²) in [5, 5.41) is 2.92. The number of halogens is 1. The summed E-state index contributed by atoms with van der Waals surface area (Å²) in [5.74, 6) is 0.693. The van der Waals surface area contributed by atoms with Crippen LogP contribution in [-0.4, -0.2) is 43.6 Å². The van der Waals surface area contributed by atoms with E-state index in [-0.39, 0.29) is 24.4 Å². The summed E-state index contributed by atoms with van der Waals surface area (Å²) >= 11 is 0. The minimum Gasteiger partial charge on any atom is -0.497 e. The van der Waals surface area contributed by atoms with E-state index in [1.807, 2.05) is 18.2 Å². The molecule has 0 radical (unpaired) electrons. The Morgan fingerprint density at radius 2 is 2.00 bits per heavy atom. The van der Waals surface area contributed by atoms with Crippen molar-refractivity contribution in [2.75, 3.05) is 26.7 Å². The van der Waals surface area contributed by atoms with E-state index in [0.717, 1.165) is 24.4 Å². The fourth-order valence-corrected chi connectivity index (χ4v) is 2.33. The molecule has 22 heavy (non-hydrogen) atoms. The molecule has 0 aliphatic rings. The zero-order valence-electron chi connectivity index (χ0n) is 13.8. The molecule has 5 nitrogen and oxygen atoms in total. The first kappa shape index (κ1) is 20.7. The predicted molar refractivity (Wildman–Crippen MR) is 92.6 cm³/mol. The lowest BCUT2D eigenvalue weighted by atomic mass is 10.0. The summed E-state index contributed by atoms with van der Waals surface area (Å²) in [6, 6.07) is 7.58. The van der Waals surface area contributed by atoms with Crippen LogP contribution in [-0.2, 0) is 4.79 Å². The van der Waals surface area contributed by atoms with Gasteiger partial charge in [0.05, 0.1) is 19.2 Å². The second-order valence-corrected chi connectivity index (χ2v) is 5.05. The van der Waals surface area contributed by atoms with E-state index in [1.165, 1.54) is 0 Å². The third kappa shape index (κ3) is 5.83.